The van der Waals surface area contributed by atoms with Gasteiger partial charge in [0.15, 0.2) is 0 Å². The number of nitrogens with two attached hydrogens (primary N) is 1. The topological polar surface area (TPSA) is 84.1 Å². The minimum atomic E-state index is 0.212. The van der Waals surface area contributed by atoms with Crippen LogP contribution < -0.4 is 11.1 Å². The highest BCUT2D eigenvalue weighted by molar-refractivity contribution is 5.77. The van der Waals surface area contributed by atoms with Crippen molar-refractivity contribution in [1.29, 1.82) is 0 Å². The quantitative estimate of drug-likeness (QED) is 0.865. The van der Waals surface area contributed by atoms with E-state index in [9.17, 15) is 4.79 Å². The standard InChI is InChI=1S/C15H25N5O/c1-10(2)14-18-13(16)11(3)15(19-14)17-7-6-12(21)20-8-4-5-9-20/h10H,4-9H2,1-3H3,(H3,16,17,18,19). The SMILES string of the molecule is Cc1c(N)nc(C(C)C)nc1NCCC(=O)N1CCCC1. The fourth-order valence-corrected chi connectivity index (χ4v) is 2.39. The monoisotopic (exact) mass is 291 g/mol. The molecule has 6 heteroatoms. The zero-order chi connectivity index (χ0) is 15.4. The lowest BCUT2D eigenvalue weighted by molar-refractivity contribution is -0.129. The highest BCUT2D eigenvalue weighted by Gasteiger charge is 2.17. The summed E-state index contributed by atoms with van der Waals surface area (Å²) in [6, 6.07) is 0. The zero-order valence-corrected chi connectivity index (χ0v) is 13.1. The van der Waals surface area contributed by atoms with Gasteiger partial charge in [-0.05, 0) is 19.8 Å². The average Bonchev–Trinajstić information content (AvgIpc) is 2.97. The molecule has 21 heavy (non-hydrogen) atoms. The molecule has 1 aliphatic rings. The molecular weight excluding hydrogens is 266 g/mol. The van der Waals surface area contributed by atoms with E-state index in [-0.39, 0.29) is 11.8 Å². The first-order chi connectivity index (χ1) is 9.99. The van der Waals surface area contributed by atoms with E-state index < -0.39 is 0 Å². The van der Waals surface area contributed by atoms with E-state index in [0.717, 1.165) is 43.1 Å². The molecule has 0 spiro atoms. The number of anilines is 2. The molecule has 0 saturated carbocycles. The first-order valence-corrected chi connectivity index (χ1v) is 7.64. The molecule has 1 saturated heterocycles. The molecule has 1 aromatic rings. The Morgan fingerprint density at radius 3 is 2.62 bits per heavy atom. The second-order valence-electron chi connectivity index (χ2n) is 5.86. The minimum absolute atomic E-state index is 0.212. The highest BCUT2D eigenvalue weighted by atomic mass is 16.2. The number of carbonyl (C=O) groups excluding carboxylic acids is 1. The van der Waals surface area contributed by atoms with Crippen molar-refractivity contribution in [1.82, 2.24) is 14.9 Å². The van der Waals surface area contributed by atoms with E-state index in [1.165, 1.54) is 0 Å². The molecule has 0 radical (unpaired) electrons. The van der Waals surface area contributed by atoms with Gasteiger partial charge >= 0.3 is 0 Å². The smallest absolute Gasteiger partial charge is 0.224 e. The van der Waals surface area contributed by atoms with E-state index in [2.05, 4.69) is 15.3 Å². The fraction of sp³-hybridized carbons (Fsp3) is 0.667. The predicted octanol–water partition coefficient (Wildman–Crippen LogP) is 1.92. The van der Waals surface area contributed by atoms with Gasteiger partial charge in [0.2, 0.25) is 5.91 Å². The first kappa shape index (κ1) is 15.5. The van der Waals surface area contributed by atoms with Crippen LogP contribution in [-0.2, 0) is 4.79 Å². The summed E-state index contributed by atoms with van der Waals surface area (Å²) in [7, 11) is 0. The number of carbonyl (C=O) groups is 1. The van der Waals surface area contributed by atoms with Gasteiger partial charge in [-0.15, -0.1) is 0 Å². The Morgan fingerprint density at radius 2 is 2.00 bits per heavy atom. The summed E-state index contributed by atoms with van der Waals surface area (Å²) in [6.45, 7) is 8.33. The summed E-state index contributed by atoms with van der Waals surface area (Å²) in [5.74, 6) is 2.40. The maximum Gasteiger partial charge on any atom is 0.224 e. The lowest BCUT2D eigenvalue weighted by Gasteiger charge is -2.16. The Balaban J connectivity index is 1.94. The van der Waals surface area contributed by atoms with Crippen LogP contribution in [0.15, 0.2) is 0 Å². The summed E-state index contributed by atoms with van der Waals surface area (Å²) < 4.78 is 0. The lowest BCUT2D eigenvalue weighted by atomic mass is 10.2. The van der Waals surface area contributed by atoms with Crippen molar-refractivity contribution in [3.05, 3.63) is 11.4 Å². The molecule has 0 aromatic carbocycles. The molecule has 0 aliphatic carbocycles. The molecule has 1 amide bonds. The van der Waals surface area contributed by atoms with E-state index in [4.69, 9.17) is 5.73 Å². The summed E-state index contributed by atoms with van der Waals surface area (Å²) in [6.07, 6.45) is 2.73. The molecule has 2 heterocycles. The predicted molar refractivity (Wildman–Crippen MR) is 84.2 cm³/mol. The van der Waals surface area contributed by atoms with Gasteiger partial charge < -0.3 is 16.0 Å². The van der Waals surface area contributed by atoms with Crippen LogP contribution in [0, 0.1) is 6.92 Å². The molecule has 3 N–H and O–H groups in total. The number of hydrogen-bond acceptors (Lipinski definition) is 5. The lowest BCUT2D eigenvalue weighted by Crippen LogP contribution is -2.29. The molecular formula is C15H25N5O. The van der Waals surface area contributed by atoms with Crippen molar-refractivity contribution in [3.63, 3.8) is 0 Å². The maximum absolute atomic E-state index is 12.0. The van der Waals surface area contributed by atoms with Crippen LogP contribution in [0.5, 0.6) is 0 Å². The van der Waals surface area contributed by atoms with Gasteiger partial charge in [-0.25, -0.2) is 9.97 Å². The number of nitrogens with one attached hydrogen (secondary N) is 1. The zero-order valence-electron chi connectivity index (χ0n) is 13.1. The molecule has 1 fully saturated rings. The Hall–Kier alpha value is -1.85. The number of likely N-dealkylation sites (tertiary alicyclic amines) is 1. The van der Waals surface area contributed by atoms with Crippen molar-refractivity contribution in [3.8, 4) is 0 Å². The molecule has 0 unspecified atom stereocenters. The second kappa shape index (κ2) is 6.74. The molecule has 6 nitrogen and oxygen atoms in total. The van der Waals surface area contributed by atoms with Crippen LogP contribution in [0.1, 0.15) is 50.4 Å². The van der Waals surface area contributed by atoms with Gasteiger partial charge in [0, 0.05) is 37.5 Å². The first-order valence-electron chi connectivity index (χ1n) is 7.64. The van der Waals surface area contributed by atoms with Crippen LogP contribution in [-0.4, -0.2) is 40.4 Å². The molecule has 0 bridgehead atoms. The molecule has 2 rings (SSSR count). The van der Waals surface area contributed by atoms with Crippen LogP contribution >= 0.6 is 0 Å². The third kappa shape index (κ3) is 3.83. The minimum Gasteiger partial charge on any atom is -0.383 e. The third-order valence-electron chi connectivity index (χ3n) is 3.81. The van der Waals surface area contributed by atoms with Gasteiger partial charge in [0.25, 0.3) is 0 Å². The van der Waals surface area contributed by atoms with E-state index >= 15 is 0 Å². The van der Waals surface area contributed by atoms with E-state index in [1.54, 1.807) is 0 Å². The van der Waals surface area contributed by atoms with Gasteiger partial charge in [-0.2, -0.15) is 0 Å². The Bertz CT molecular complexity index is 509. The van der Waals surface area contributed by atoms with Crippen molar-refractivity contribution in [2.75, 3.05) is 30.7 Å². The van der Waals surface area contributed by atoms with Crippen molar-refractivity contribution >= 4 is 17.5 Å². The normalized spacial score (nSPS) is 14.8. The summed E-state index contributed by atoms with van der Waals surface area (Å²) in [5, 5.41) is 3.22. The molecule has 1 aromatic heterocycles. The summed E-state index contributed by atoms with van der Waals surface area (Å²) in [4.78, 5) is 22.7. The largest absolute Gasteiger partial charge is 0.383 e. The van der Waals surface area contributed by atoms with Crippen molar-refractivity contribution in [2.24, 2.45) is 0 Å². The molecule has 116 valence electrons. The van der Waals surface area contributed by atoms with Gasteiger partial charge in [-0.3, -0.25) is 4.79 Å². The van der Waals surface area contributed by atoms with Crippen LogP contribution in [0.2, 0.25) is 0 Å². The number of amides is 1. The van der Waals surface area contributed by atoms with Gasteiger partial charge in [-0.1, -0.05) is 13.8 Å². The van der Waals surface area contributed by atoms with Crippen LogP contribution in [0.3, 0.4) is 0 Å². The van der Waals surface area contributed by atoms with Crippen molar-refractivity contribution < 1.29 is 4.79 Å². The summed E-state index contributed by atoms with van der Waals surface area (Å²) in [5.41, 5.74) is 6.76. The van der Waals surface area contributed by atoms with Gasteiger partial charge in [0.05, 0.1) is 0 Å². The average molecular weight is 291 g/mol. The van der Waals surface area contributed by atoms with E-state index in [0.29, 0.717) is 18.8 Å². The number of nitrogens with zero attached hydrogens (tertiary/aromatic N) is 3. The van der Waals surface area contributed by atoms with Crippen molar-refractivity contribution in [2.45, 2.75) is 46.0 Å². The maximum atomic E-state index is 12.0. The Kier molecular flexibility index (Phi) is 4.98. The second-order valence-corrected chi connectivity index (χ2v) is 5.86. The van der Waals surface area contributed by atoms with Crippen LogP contribution in [0.4, 0.5) is 11.6 Å². The highest BCUT2D eigenvalue weighted by Crippen LogP contribution is 2.21. The number of hydrogen-bond donors (Lipinski definition) is 2. The number of rotatable bonds is 5. The Labute approximate surface area is 126 Å². The third-order valence-corrected chi connectivity index (χ3v) is 3.81. The molecule has 1 aliphatic heterocycles. The van der Waals surface area contributed by atoms with Crippen LogP contribution in [0.25, 0.3) is 0 Å². The number of nitrogen functional groups attached to an aromatic ring is 1. The van der Waals surface area contributed by atoms with E-state index in [1.807, 2.05) is 25.7 Å². The summed E-state index contributed by atoms with van der Waals surface area (Å²) >= 11 is 0. The Morgan fingerprint density at radius 1 is 1.33 bits per heavy atom. The van der Waals surface area contributed by atoms with Gasteiger partial charge in [0.1, 0.15) is 17.5 Å². The molecule has 0 atom stereocenters. The fourth-order valence-electron chi connectivity index (χ4n) is 2.39. The number of aromatic nitrogens is 2.